The first-order chi connectivity index (χ1) is 9.24. The van der Waals surface area contributed by atoms with E-state index >= 15 is 0 Å². The second kappa shape index (κ2) is 4.11. The number of aromatic nitrogens is 1. The van der Waals surface area contributed by atoms with E-state index in [9.17, 15) is 0 Å². The van der Waals surface area contributed by atoms with E-state index in [-0.39, 0.29) is 0 Å². The van der Waals surface area contributed by atoms with Gasteiger partial charge in [0.05, 0.1) is 5.52 Å². The van der Waals surface area contributed by atoms with Gasteiger partial charge in [-0.15, -0.1) is 0 Å². The first kappa shape index (κ1) is 11.5. The lowest BCUT2D eigenvalue weighted by Crippen LogP contribution is -2.36. The molecule has 1 aromatic heterocycles. The third kappa shape index (κ3) is 1.81. The SMILES string of the molecule is Cc1cccc2c3c(n(C)c12)CCC(NC1CC1)C3. The Balaban J connectivity index is 1.78. The fourth-order valence-electron chi connectivity index (χ4n) is 3.77. The van der Waals surface area contributed by atoms with Crippen LogP contribution in [0.15, 0.2) is 18.2 Å². The monoisotopic (exact) mass is 254 g/mol. The van der Waals surface area contributed by atoms with Crippen LogP contribution in [-0.2, 0) is 19.9 Å². The summed E-state index contributed by atoms with van der Waals surface area (Å²) in [6.45, 7) is 2.23. The maximum atomic E-state index is 3.81. The zero-order valence-corrected chi connectivity index (χ0v) is 11.9. The molecule has 1 atom stereocenters. The Kier molecular flexibility index (Phi) is 2.49. The van der Waals surface area contributed by atoms with Gasteiger partial charge in [0, 0.05) is 30.2 Å². The van der Waals surface area contributed by atoms with Gasteiger partial charge in [-0.05, 0) is 50.2 Å². The van der Waals surface area contributed by atoms with Gasteiger partial charge in [0.2, 0.25) is 0 Å². The summed E-state index contributed by atoms with van der Waals surface area (Å²) < 4.78 is 2.44. The molecule has 1 saturated carbocycles. The largest absolute Gasteiger partial charge is 0.347 e. The molecule has 0 amide bonds. The van der Waals surface area contributed by atoms with Crippen LogP contribution in [0.25, 0.3) is 10.9 Å². The van der Waals surface area contributed by atoms with E-state index < -0.39 is 0 Å². The normalized spacial score (nSPS) is 22.7. The molecule has 1 unspecified atom stereocenters. The Labute approximate surface area is 114 Å². The lowest BCUT2D eigenvalue weighted by atomic mass is 9.91. The number of nitrogens with zero attached hydrogens (tertiary/aromatic N) is 1. The van der Waals surface area contributed by atoms with Crippen LogP contribution in [0.2, 0.25) is 0 Å². The molecule has 1 N–H and O–H groups in total. The second-order valence-corrected chi connectivity index (χ2v) is 6.34. The Morgan fingerprint density at radius 1 is 1.16 bits per heavy atom. The van der Waals surface area contributed by atoms with Crippen LogP contribution < -0.4 is 5.32 Å². The number of fused-ring (bicyclic) bond motifs is 3. The van der Waals surface area contributed by atoms with Gasteiger partial charge >= 0.3 is 0 Å². The highest BCUT2D eigenvalue weighted by molar-refractivity contribution is 5.88. The molecule has 0 bridgehead atoms. The lowest BCUT2D eigenvalue weighted by molar-refractivity contribution is 0.450. The topological polar surface area (TPSA) is 17.0 Å². The molecular weight excluding hydrogens is 232 g/mol. The summed E-state index contributed by atoms with van der Waals surface area (Å²) in [7, 11) is 2.24. The van der Waals surface area contributed by atoms with E-state index in [1.807, 2.05) is 0 Å². The summed E-state index contributed by atoms with van der Waals surface area (Å²) in [4.78, 5) is 0. The van der Waals surface area contributed by atoms with Crippen molar-refractivity contribution in [3.63, 3.8) is 0 Å². The van der Waals surface area contributed by atoms with Crippen molar-refractivity contribution in [2.75, 3.05) is 0 Å². The van der Waals surface area contributed by atoms with E-state index in [0.29, 0.717) is 6.04 Å². The van der Waals surface area contributed by atoms with E-state index in [1.54, 1.807) is 11.3 Å². The molecule has 1 aromatic carbocycles. The van der Waals surface area contributed by atoms with Crippen molar-refractivity contribution in [3.8, 4) is 0 Å². The van der Waals surface area contributed by atoms with Crippen LogP contribution in [0.4, 0.5) is 0 Å². The summed E-state index contributed by atoms with van der Waals surface area (Å²) in [5.74, 6) is 0. The van der Waals surface area contributed by atoms with Crippen molar-refractivity contribution >= 4 is 10.9 Å². The summed E-state index contributed by atoms with van der Waals surface area (Å²) in [5, 5.41) is 5.30. The molecule has 2 aliphatic rings. The van der Waals surface area contributed by atoms with Crippen LogP contribution in [0, 0.1) is 6.92 Å². The lowest BCUT2D eigenvalue weighted by Gasteiger charge is -2.24. The van der Waals surface area contributed by atoms with Crippen LogP contribution in [0.1, 0.15) is 36.1 Å². The molecule has 2 nitrogen and oxygen atoms in total. The number of benzene rings is 1. The van der Waals surface area contributed by atoms with Crippen LogP contribution >= 0.6 is 0 Å². The second-order valence-electron chi connectivity index (χ2n) is 6.34. The van der Waals surface area contributed by atoms with Gasteiger partial charge in [-0.2, -0.15) is 0 Å². The quantitative estimate of drug-likeness (QED) is 0.871. The minimum atomic E-state index is 0.700. The molecule has 4 rings (SSSR count). The van der Waals surface area contributed by atoms with Gasteiger partial charge in [-0.1, -0.05) is 18.2 Å². The number of nitrogens with one attached hydrogen (secondary N) is 1. The number of para-hydroxylation sites is 1. The summed E-state index contributed by atoms with van der Waals surface area (Å²) in [5.41, 5.74) is 6.02. The van der Waals surface area contributed by atoms with Gasteiger partial charge in [0.15, 0.2) is 0 Å². The van der Waals surface area contributed by atoms with Crippen LogP contribution in [0.5, 0.6) is 0 Å². The zero-order chi connectivity index (χ0) is 13.0. The fraction of sp³-hybridized carbons (Fsp3) is 0.529. The third-order valence-corrected chi connectivity index (χ3v) is 4.88. The predicted molar refractivity (Wildman–Crippen MR) is 79.6 cm³/mol. The van der Waals surface area contributed by atoms with Crippen LogP contribution in [0.3, 0.4) is 0 Å². The first-order valence-corrected chi connectivity index (χ1v) is 7.56. The van der Waals surface area contributed by atoms with E-state index in [1.165, 1.54) is 48.6 Å². The molecule has 0 radical (unpaired) electrons. The van der Waals surface area contributed by atoms with Gasteiger partial charge in [-0.3, -0.25) is 0 Å². The van der Waals surface area contributed by atoms with Gasteiger partial charge in [0.1, 0.15) is 0 Å². The maximum Gasteiger partial charge on any atom is 0.0512 e. The van der Waals surface area contributed by atoms with Crippen molar-refractivity contribution < 1.29 is 0 Å². The van der Waals surface area contributed by atoms with E-state index in [4.69, 9.17) is 0 Å². The Hall–Kier alpha value is -1.28. The molecule has 0 spiro atoms. The minimum Gasteiger partial charge on any atom is -0.347 e. The fourth-order valence-corrected chi connectivity index (χ4v) is 3.77. The smallest absolute Gasteiger partial charge is 0.0512 e. The number of aryl methyl sites for hydroxylation is 2. The Bertz CT molecular complexity index is 634. The third-order valence-electron chi connectivity index (χ3n) is 4.88. The minimum absolute atomic E-state index is 0.700. The number of rotatable bonds is 2. The molecule has 2 aliphatic carbocycles. The van der Waals surface area contributed by atoms with Crippen molar-refractivity contribution in [1.29, 1.82) is 0 Å². The van der Waals surface area contributed by atoms with Gasteiger partial charge < -0.3 is 9.88 Å². The molecule has 1 fully saturated rings. The average molecular weight is 254 g/mol. The van der Waals surface area contributed by atoms with Gasteiger partial charge in [0.25, 0.3) is 0 Å². The molecule has 2 aromatic rings. The standard InChI is InChI=1S/C17H22N2/c1-11-4-3-5-14-15-10-13(18-12-6-7-12)8-9-16(15)19(2)17(11)14/h3-5,12-13,18H,6-10H2,1-2H3. The maximum absolute atomic E-state index is 3.81. The van der Waals surface area contributed by atoms with E-state index in [2.05, 4.69) is 42.1 Å². The molecular formula is C17H22N2. The molecule has 0 saturated heterocycles. The van der Waals surface area contributed by atoms with Crippen molar-refractivity contribution in [3.05, 3.63) is 35.0 Å². The highest BCUT2D eigenvalue weighted by atomic mass is 15.0. The molecule has 2 heteroatoms. The first-order valence-electron chi connectivity index (χ1n) is 7.56. The molecule has 1 heterocycles. The van der Waals surface area contributed by atoms with E-state index in [0.717, 1.165) is 6.04 Å². The highest BCUT2D eigenvalue weighted by Crippen LogP contribution is 2.34. The summed E-state index contributed by atoms with van der Waals surface area (Å²) in [6.07, 6.45) is 6.51. The average Bonchev–Trinajstić information content (AvgIpc) is 3.17. The van der Waals surface area contributed by atoms with Crippen molar-refractivity contribution in [1.82, 2.24) is 9.88 Å². The van der Waals surface area contributed by atoms with Crippen molar-refractivity contribution in [2.24, 2.45) is 7.05 Å². The highest BCUT2D eigenvalue weighted by Gasteiger charge is 2.29. The summed E-state index contributed by atoms with van der Waals surface area (Å²) >= 11 is 0. The van der Waals surface area contributed by atoms with Gasteiger partial charge in [-0.25, -0.2) is 0 Å². The Morgan fingerprint density at radius 2 is 2.00 bits per heavy atom. The molecule has 19 heavy (non-hydrogen) atoms. The number of hydrogen-bond donors (Lipinski definition) is 1. The molecule has 100 valence electrons. The van der Waals surface area contributed by atoms with Crippen molar-refractivity contribution in [2.45, 2.75) is 51.1 Å². The molecule has 0 aliphatic heterocycles. The Morgan fingerprint density at radius 3 is 2.79 bits per heavy atom. The summed E-state index contributed by atoms with van der Waals surface area (Å²) in [6, 6.07) is 8.26. The predicted octanol–water partition coefficient (Wildman–Crippen LogP) is 3.10. The number of hydrogen-bond acceptors (Lipinski definition) is 1. The zero-order valence-electron chi connectivity index (χ0n) is 11.9. The van der Waals surface area contributed by atoms with Crippen LogP contribution in [-0.4, -0.2) is 16.7 Å².